The summed E-state index contributed by atoms with van der Waals surface area (Å²) in [5, 5.41) is 10.1. The minimum Gasteiger partial charge on any atom is -0.481 e. The number of carbonyl (C=O) groups is 1. The van der Waals surface area contributed by atoms with E-state index in [0.717, 1.165) is 0 Å². The molecule has 1 aromatic heterocycles. The molecule has 1 heterocycles. The number of ether oxygens (including phenoxy) is 2. The third-order valence-corrected chi connectivity index (χ3v) is 2.34. The molecule has 0 aliphatic rings. The zero-order valence-corrected chi connectivity index (χ0v) is 9.69. The predicted octanol–water partition coefficient (Wildman–Crippen LogP) is 1.34. The third-order valence-electron chi connectivity index (χ3n) is 2.01. The van der Waals surface area contributed by atoms with Gasteiger partial charge in [-0.1, -0.05) is 11.6 Å². The minimum absolute atomic E-state index is 0.196. The lowest BCUT2D eigenvalue weighted by Crippen LogP contribution is -2.10. The summed E-state index contributed by atoms with van der Waals surface area (Å²) in [6, 6.07) is 1.51. The summed E-state index contributed by atoms with van der Waals surface area (Å²) in [5.74, 6) is -0.335. The van der Waals surface area contributed by atoms with Gasteiger partial charge in [0, 0.05) is 6.20 Å². The van der Waals surface area contributed by atoms with E-state index in [4.69, 9.17) is 16.3 Å². The molecular weight excluding hydrogens is 234 g/mol. The molecule has 0 radical (unpaired) electrons. The second kappa shape index (κ2) is 5.67. The summed E-state index contributed by atoms with van der Waals surface area (Å²) >= 11 is 5.90. The first-order chi connectivity index (χ1) is 7.60. The monoisotopic (exact) mass is 245 g/mol. The van der Waals surface area contributed by atoms with Gasteiger partial charge in [-0.3, -0.25) is 4.79 Å². The first kappa shape index (κ1) is 12.7. The number of rotatable bonds is 4. The van der Waals surface area contributed by atoms with Gasteiger partial charge in [0.05, 0.1) is 37.3 Å². The van der Waals surface area contributed by atoms with Gasteiger partial charge in [0.15, 0.2) is 0 Å². The molecule has 0 amide bonds. The highest BCUT2D eigenvalue weighted by Gasteiger charge is 2.21. The van der Waals surface area contributed by atoms with Crippen LogP contribution >= 0.6 is 11.6 Å². The Bertz CT molecular complexity index is 383. The Hall–Kier alpha value is -1.33. The number of halogens is 1. The lowest BCUT2D eigenvalue weighted by Gasteiger charge is -2.14. The van der Waals surface area contributed by atoms with Crippen molar-refractivity contribution in [1.82, 2.24) is 4.98 Å². The SMILES string of the molecule is COC(=O)CC(O)c1c(Cl)ccnc1OC. The van der Waals surface area contributed by atoms with Crippen LogP contribution in [-0.2, 0) is 9.53 Å². The lowest BCUT2D eigenvalue weighted by molar-refractivity contribution is -0.142. The zero-order valence-electron chi connectivity index (χ0n) is 8.94. The quantitative estimate of drug-likeness (QED) is 0.811. The van der Waals surface area contributed by atoms with Crippen LogP contribution in [0.25, 0.3) is 0 Å². The molecule has 0 bridgehead atoms. The Labute approximate surface area is 98.0 Å². The number of hydrogen-bond donors (Lipinski definition) is 1. The first-order valence-corrected chi connectivity index (χ1v) is 4.91. The first-order valence-electron chi connectivity index (χ1n) is 4.53. The second-order valence-corrected chi connectivity index (χ2v) is 3.42. The van der Waals surface area contributed by atoms with Gasteiger partial charge in [0.25, 0.3) is 0 Å². The van der Waals surface area contributed by atoms with E-state index >= 15 is 0 Å². The Morgan fingerprint density at radius 2 is 2.31 bits per heavy atom. The van der Waals surface area contributed by atoms with Crippen LogP contribution < -0.4 is 4.74 Å². The molecule has 0 saturated carbocycles. The van der Waals surface area contributed by atoms with Crippen LogP contribution in [0, 0.1) is 0 Å². The standard InChI is InChI=1S/C10H12ClNO4/c1-15-8(14)5-7(13)9-6(11)3-4-12-10(9)16-2/h3-4,7,13H,5H2,1-2H3. The maximum absolute atomic E-state index is 11.0. The molecule has 1 N–H and O–H groups in total. The van der Waals surface area contributed by atoms with Crippen LogP contribution in [0.4, 0.5) is 0 Å². The van der Waals surface area contributed by atoms with Crippen LogP contribution in [0.3, 0.4) is 0 Å². The molecule has 1 unspecified atom stereocenters. The smallest absolute Gasteiger partial charge is 0.308 e. The maximum atomic E-state index is 11.0. The van der Waals surface area contributed by atoms with E-state index in [1.807, 2.05) is 0 Å². The number of methoxy groups -OCH3 is 2. The summed E-state index contributed by atoms with van der Waals surface area (Å²) in [6.45, 7) is 0. The zero-order chi connectivity index (χ0) is 12.1. The van der Waals surface area contributed by atoms with Crippen molar-refractivity contribution >= 4 is 17.6 Å². The van der Waals surface area contributed by atoms with Crippen LogP contribution in [0.1, 0.15) is 18.1 Å². The molecule has 1 rings (SSSR count). The Morgan fingerprint density at radius 3 is 2.88 bits per heavy atom. The molecule has 1 atom stereocenters. The molecule has 0 aliphatic heterocycles. The van der Waals surface area contributed by atoms with Gasteiger partial charge in [-0.15, -0.1) is 0 Å². The average Bonchev–Trinajstić information content (AvgIpc) is 2.28. The second-order valence-electron chi connectivity index (χ2n) is 3.01. The highest BCUT2D eigenvalue weighted by molar-refractivity contribution is 6.31. The molecule has 0 saturated heterocycles. The van der Waals surface area contributed by atoms with Crippen molar-refractivity contribution in [2.45, 2.75) is 12.5 Å². The molecule has 0 aliphatic carbocycles. The van der Waals surface area contributed by atoms with Crippen LogP contribution in [0.5, 0.6) is 5.88 Å². The fraction of sp³-hybridized carbons (Fsp3) is 0.400. The van der Waals surface area contributed by atoms with E-state index in [-0.39, 0.29) is 17.9 Å². The van der Waals surface area contributed by atoms with E-state index in [1.54, 1.807) is 0 Å². The fourth-order valence-corrected chi connectivity index (χ4v) is 1.50. The summed E-state index contributed by atoms with van der Waals surface area (Å²) in [4.78, 5) is 14.9. The van der Waals surface area contributed by atoms with Gasteiger partial charge in [-0.05, 0) is 6.07 Å². The van der Waals surface area contributed by atoms with E-state index in [0.29, 0.717) is 5.02 Å². The molecule has 0 fully saturated rings. The van der Waals surface area contributed by atoms with Crippen molar-refractivity contribution in [2.24, 2.45) is 0 Å². The van der Waals surface area contributed by atoms with Crippen molar-refractivity contribution < 1.29 is 19.4 Å². The van der Waals surface area contributed by atoms with Gasteiger partial charge in [-0.2, -0.15) is 0 Å². The molecule has 5 nitrogen and oxygen atoms in total. The normalized spacial score (nSPS) is 12.0. The highest BCUT2D eigenvalue weighted by Crippen LogP contribution is 2.31. The molecule has 0 spiro atoms. The Balaban J connectivity index is 2.97. The van der Waals surface area contributed by atoms with Crippen LogP contribution in [0.2, 0.25) is 5.02 Å². The number of aliphatic hydroxyl groups is 1. The number of pyridine rings is 1. The molecule has 1 aromatic rings. The molecule has 16 heavy (non-hydrogen) atoms. The largest absolute Gasteiger partial charge is 0.481 e. The lowest BCUT2D eigenvalue weighted by atomic mass is 10.1. The number of carbonyl (C=O) groups excluding carboxylic acids is 1. The van der Waals surface area contributed by atoms with E-state index in [9.17, 15) is 9.90 Å². The van der Waals surface area contributed by atoms with Crippen molar-refractivity contribution in [3.8, 4) is 5.88 Å². The third kappa shape index (κ3) is 2.84. The van der Waals surface area contributed by atoms with Gasteiger partial charge < -0.3 is 14.6 Å². The Morgan fingerprint density at radius 1 is 1.62 bits per heavy atom. The summed E-state index contributed by atoms with van der Waals surface area (Å²) in [7, 11) is 2.66. The summed E-state index contributed by atoms with van der Waals surface area (Å²) in [5.41, 5.74) is 0.289. The number of nitrogens with zero attached hydrogens (tertiary/aromatic N) is 1. The van der Waals surface area contributed by atoms with Crippen molar-refractivity contribution in [2.75, 3.05) is 14.2 Å². The van der Waals surface area contributed by atoms with Gasteiger partial charge >= 0.3 is 5.97 Å². The van der Waals surface area contributed by atoms with Gasteiger partial charge in [-0.25, -0.2) is 4.98 Å². The van der Waals surface area contributed by atoms with Crippen LogP contribution in [-0.4, -0.2) is 30.3 Å². The van der Waals surface area contributed by atoms with Crippen molar-refractivity contribution in [3.05, 3.63) is 22.8 Å². The number of esters is 1. The summed E-state index contributed by atoms with van der Waals surface area (Å²) < 4.78 is 9.41. The number of aromatic nitrogens is 1. The summed E-state index contributed by atoms with van der Waals surface area (Å²) in [6.07, 6.45) is 0.164. The van der Waals surface area contributed by atoms with Gasteiger partial charge in [0.2, 0.25) is 5.88 Å². The van der Waals surface area contributed by atoms with E-state index in [1.165, 1.54) is 26.5 Å². The van der Waals surface area contributed by atoms with E-state index < -0.39 is 12.1 Å². The number of hydrogen-bond acceptors (Lipinski definition) is 5. The molecular formula is C10H12ClNO4. The average molecular weight is 246 g/mol. The molecule has 88 valence electrons. The number of aliphatic hydroxyl groups excluding tert-OH is 1. The van der Waals surface area contributed by atoms with Crippen LogP contribution in [0.15, 0.2) is 12.3 Å². The van der Waals surface area contributed by atoms with Gasteiger partial charge in [0.1, 0.15) is 0 Å². The minimum atomic E-state index is -1.09. The fourth-order valence-electron chi connectivity index (χ4n) is 1.24. The van der Waals surface area contributed by atoms with Crippen molar-refractivity contribution in [3.63, 3.8) is 0 Å². The Kier molecular flexibility index (Phi) is 4.52. The van der Waals surface area contributed by atoms with E-state index in [2.05, 4.69) is 9.72 Å². The van der Waals surface area contributed by atoms with Crippen molar-refractivity contribution in [1.29, 1.82) is 0 Å². The maximum Gasteiger partial charge on any atom is 0.308 e. The molecule has 6 heteroatoms. The topological polar surface area (TPSA) is 68.7 Å². The molecule has 0 aromatic carbocycles. The predicted molar refractivity (Wildman–Crippen MR) is 57.4 cm³/mol. The highest BCUT2D eigenvalue weighted by atomic mass is 35.5.